The summed E-state index contributed by atoms with van der Waals surface area (Å²) in [7, 11) is 0. The Hall–Kier alpha value is -3.15. The minimum absolute atomic E-state index is 0.0524. The normalized spacial score (nSPS) is 10.6. The fourth-order valence-corrected chi connectivity index (χ4v) is 1.91. The fraction of sp³-hybridized carbons (Fsp3) is 0.0625. The number of rotatable bonds is 3. The van der Waals surface area contributed by atoms with Crippen molar-refractivity contribution in [1.82, 2.24) is 15.0 Å². The Morgan fingerprint density at radius 1 is 1.18 bits per heavy atom. The standard InChI is InChI=1S/C16H13N3O3/c1-10(2)16(21)22-13-8-11(7-12(20)9-13)19-17-14-5-3-4-6-15(14)18-19/h3-9,20H,1H2,2H3. The third-order valence-corrected chi connectivity index (χ3v) is 2.95. The van der Waals surface area contributed by atoms with Gasteiger partial charge >= 0.3 is 5.97 Å². The average Bonchev–Trinajstić information content (AvgIpc) is 2.90. The predicted octanol–water partition coefficient (Wildman–Crippen LogP) is 2.61. The molecule has 2 aromatic carbocycles. The first kappa shape index (κ1) is 13.8. The van der Waals surface area contributed by atoms with E-state index in [-0.39, 0.29) is 17.1 Å². The molecule has 3 rings (SSSR count). The summed E-state index contributed by atoms with van der Waals surface area (Å²) >= 11 is 0. The van der Waals surface area contributed by atoms with Crippen molar-refractivity contribution in [2.45, 2.75) is 6.92 Å². The summed E-state index contributed by atoms with van der Waals surface area (Å²) in [5, 5.41) is 18.4. The van der Waals surface area contributed by atoms with Gasteiger partial charge in [-0.15, -0.1) is 10.2 Å². The molecular weight excluding hydrogens is 282 g/mol. The number of fused-ring (bicyclic) bond motifs is 1. The highest BCUT2D eigenvalue weighted by Gasteiger charge is 2.10. The Balaban J connectivity index is 2.01. The molecule has 0 aliphatic carbocycles. The number of aromatic nitrogens is 3. The lowest BCUT2D eigenvalue weighted by atomic mass is 10.3. The quantitative estimate of drug-likeness (QED) is 0.456. The van der Waals surface area contributed by atoms with Crippen LogP contribution in [0.2, 0.25) is 0 Å². The summed E-state index contributed by atoms with van der Waals surface area (Å²) in [5.74, 6) is -0.414. The maximum Gasteiger partial charge on any atom is 0.338 e. The fourth-order valence-electron chi connectivity index (χ4n) is 1.91. The smallest absolute Gasteiger partial charge is 0.338 e. The highest BCUT2D eigenvalue weighted by molar-refractivity contribution is 5.88. The molecule has 0 unspecified atom stereocenters. The second kappa shape index (κ2) is 5.33. The zero-order valence-corrected chi connectivity index (χ0v) is 11.9. The molecule has 6 nitrogen and oxygen atoms in total. The van der Waals surface area contributed by atoms with Gasteiger partial charge in [0.2, 0.25) is 0 Å². The minimum Gasteiger partial charge on any atom is -0.508 e. The number of hydrogen-bond donors (Lipinski definition) is 1. The molecular formula is C16H13N3O3. The minimum atomic E-state index is -0.560. The van der Waals surface area contributed by atoms with Gasteiger partial charge in [0.15, 0.2) is 0 Å². The maximum atomic E-state index is 11.6. The summed E-state index contributed by atoms with van der Waals surface area (Å²) in [6, 6.07) is 11.8. The van der Waals surface area contributed by atoms with E-state index in [0.717, 1.165) is 11.0 Å². The molecule has 0 bridgehead atoms. The number of esters is 1. The molecule has 6 heteroatoms. The Bertz CT molecular complexity index is 850. The summed E-state index contributed by atoms with van der Waals surface area (Å²) in [6.07, 6.45) is 0. The van der Waals surface area contributed by atoms with E-state index in [2.05, 4.69) is 16.8 Å². The van der Waals surface area contributed by atoms with Crippen molar-refractivity contribution in [2.75, 3.05) is 0 Å². The molecule has 0 saturated carbocycles. The van der Waals surface area contributed by atoms with Crippen LogP contribution in [0.25, 0.3) is 16.7 Å². The van der Waals surface area contributed by atoms with Crippen LogP contribution in [0.1, 0.15) is 6.92 Å². The first-order valence-electron chi connectivity index (χ1n) is 6.57. The predicted molar refractivity (Wildman–Crippen MR) is 81.0 cm³/mol. The molecule has 0 saturated heterocycles. The van der Waals surface area contributed by atoms with Gasteiger partial charge in [0, 0.05) is 23.8 Å². The molecule has 0 amide bonds. The van der Waals surface area contributed by atoms with Gasteiger partial charge in [0.25, 0.3) is 0 Å². The first-order chi connectivity index (χ1) is 10.5. The van der Waals surface area contributed by atoms with Crippen LogP contribution >= 0.6 is 0 Å². The average molecular weight is 295 g/mol. The van der Waals surface area contributed by atoms with Gasteiger partial charge in [0.1, 0.15) is 22.5 Å². The number of carbonyl (C=O) groups excluding carboxylic acids is 1. The summed E-state index contributed by atoms with van der Waals surface area (Å²) < 4.78 is 5.13. The van der Waals surface area contributed by atoms with E-state index in [1.807, 2.05) is 24.3 Å². The van der Waals surface area contributed by atoms with E-state index in [1.165, 1.54) is 16.9 Å². The third kappa shape index (κ3) is 2.67. The van der Waals surface area contributed by atoms with Crippen molar-refractivity contribution in [3.8, 4) is 17.2 Å². The van der Waals surface area contributed by atoms with E-state index in [9.17, 15) is 9.90 Å². The number of ether oxygens (including phenoxy) is 1. The molecule has 110 valence electrons. The molecule has 1 heterocycles. The SMILES string of the molecule is C=C(C)C(=O)Oc1cc(O)cc(-n2nc3ccccc3n2)c1. The second-order valence-corrected chi connectivity index (χ2v) is 4.83. The Labute approximate surface area is 126 Å². The maximum absolute atomic E-state index is 11.6. The molecule has 0 fully saturated rings. The highest BCUT2D eigenvalue weighted by Crippen LogP contribution is 2.25. The van der Waals surface area contributed by atoms with Gasteiger partial charge < -0.3 is 9.84 Å². The van der Waals surface area contributed by atoms with E-state index in [4.69, 9.17) is 4.74 Å². The molecule has 22 heavy (non-hydrogen) atoms. The number of hydrogen-bond acceptors (Lipinski definition) is 5. The van der Waals surface area contributed by atoms with Crippen LogP contribution in [-0.2, 0) is 4.79 Å². The van der Waals surface area contributed by atoms with Crippen molar-refractivity contribution >= 4 is 17.0 Å². The Morgan fingerprint density at radius 3 is 2.41 bits per heavy atom. The van der Waals surface area contributed by atoms with Crippen LogP contribution in [0.5, 0.6) is 11.5 Å². The van der Waals surface area contributed by atoms with Crippen LogP contribution in [0.4, 0.5) is 0 Å². The zero-order valence-electron chi connectivity index (χ0n) is 11.9. The van der Waals surface area contributed by atoms with E-state index < -0.39 is 5.97 Å². The number of aromatic hydroxyl groups is 1. The highest BCUT2D eigenvalue weighted by atomic mass is 16.5. The van der Waals surface area contributed by atoms with Gasteiger partial charge in [-0.25, -0.2) is 4.79 Å². The van der Waals surface area contributed by atoms with Crippen LogP contribution in [0, 0.1) is 0 Å². The van der Waals surface area contributed by atoms with E-state index in [0.29, 0.717) is 5.69 Å². The summed E-state index contributed by atoms with van der Waals surface area (Å²) in [4.78, 5) is 12.9. The second-order valence-electron chi connectivity index (χ2n) is 4.83. The van der Waals surface area contributed by atoms with E-state index >= 15 is 0 Å². The molecule has 0 spiro atoms. The molecule has 1 N–H and O–H groups in total. The first-order valence-corrected chi connectivity index (χ1v) is 6.57. The van der Waals surface area contributed by atoms with Crippen molar-refractivity contribution in [1.29, 1.82) is 0 Å². The van der Waals surface area contributed by atoms with Gasteiger partial charge in [-0.2, -0.15) is 4.80 Å². The third-order valence-electron chi connectivity index (χ3n) is 2.95. The van der Waals surface area contributed by atoms with Crippen molar-refractivity contribution in [2.24, 2.45) is 0 Å². The van der Waals surface area contributed by atoms with Gasteiger partial charge in [-0.1, -0.05) is 18.7 Å². The number of benzene rings is 2. The summed E-state index contributed by atoms with van der Waals surface area (Å²) in [5.41, 5.74) is 2.21. The molecule has 0 radical (unpaired) electrons. The van der Waals surface area contributed by atoms with Crippen LogP contribution in [-0.4, -0.2) is 26.1 Å². The van der Waals surface area contributed by atoms with Crippen LogP contribution in [0.15, 0.2) is 54.6 Å². The number of phenolic OH excluding ortho intramolecular Hbond substituents is 1. The van der Waals surface area contributed by atoms with Crippen molar-refractivity contribution in [3.63, 3.8) is 0 Å². The zero-order chi connectivity index (χ0) is 15.7. The van der Waals surface area contributed by atoms with Crippen LogP contribution in [0.3, 0.4) is 0 Å². The van der Waals surface area contributed by atoms with Gasteiger partial charge in [0.05, 0.1) is 5.69 Å². The monoisotopic (exact) mass is 295 g/mol. The lowest BCUT2D eigenvalue weighted by Gasteiger charge is -2.07. The lowest BCUT2D eigenvalue weighted by Crippen LogP contribution is -2.08. The van der Waals surface area contributed by atoms with Crippen molar-refractivity contribution in [3.05, 3.63) is 54.6 Å². The Kier molecular flexibility index (Phi) is 3.34. The van der Waals surface area contributed by atoms with E-state index in [1.54, 1.807) is 13.0 Å². The molecule has 1 aromatic heterocycles. The topological polar surface area (TPSA) is 77.2 Å². The molecule has 3 aromatic rings. The number of phenols is 1. The van der Waals surface area contributed by atoms with Crippen molar-refractivity contribution < 1.29 is 14.6 Å². The van der Waals surface area contributed by atoms with Crippen LogP contribution < -0.4 is 4.74 Å². The number of carbonyl (C=O) groups is 1. The Morgan fingerprint density at radius 2 is 1.82 bits per heavy atom. The number of nitrogens with zero attached hydrogens (tertiary/aromatic N) is 3. The lowest BCUT2D eigenvalue weighted by molar-refractivity contribution is -0.130. The van der Waals surface area contributed by atoms with Gasteiger partial charge in [-0.3, -0.25) is 0 Å². The molecule has 0 atom stereocenters. The largest absolute Gasteiger partial charge is 0.508 e. The summed E-state index contributed by atoms with van der Waals surface area (Å²) in [6.45, 7) is 5.07. The molecule has 0 aliphatic rings. The molecule has 0 aliphatic heterocycles. The van der Waals surface area contributed by atoms with Gasteiger partial charge in [-0.05, 0) is 19.1 Å².